The van der Waals surface area contributed by atoms with E-state index in [1.54, 1.807) is 13.0 Å². The maximum absolute atomic E-state index is 14.0. The lowest BCUT2D eigenvalue weighted by Crippen LogP contribution is -2.06. The number of aromatic nitrogens is 3. The number of benzene rings is 2. The molecule has 4 rings (SSSR count). The molecule has 4 aromatic rings. The Labute approximate surface area is 181 Å². The summed E-state index contributed by atoms with van der Waals surface area (Å²) in [6.07, 6.45) is 8.11. The topological polar surface area (TPSA) is 85.4 Å². The highest BCUT2D eigenvalue weighted by atomic mass is 32.2. The number of hydrogen-bond donors (Lipinski definition) is 1. The molecular weight excluding hydrogens is 417 g/mol. The summed E-state index contributed by atoms with van der Waals surface area (Å²) in [5.74, 6) is 0.911. The molecule has 1 atom stereocenters. The summed E-state index contributed by atoms with van der Waals surface area (Å²) < 4.78 is 29.8. The van der Waals surface area contributed by atoms with Gasteiger partial charge in [-0.2, -0.15) is 0 Å². The molecule has 1 N–H and O–H groups in total. The van der Waals surface area contributed by atoms with Crippen LogP contribution < -0.4 is 10.1 Å². The SMILES string of the molecule is Cc1cc(N=S(C)C)cc2ncnc(Nc3ccc(F)cc3OC(C)c3ncco3)c12. The van der Waals surface area contributed by atoms with Crippen LogP contribution in [0.2, 0.25) is 0 Å². The minimum absolute atomic E-state index is 0.0775. The first-order chi connectivity index (χ1) is 14.9. The highest BCUT2D eigenvalue weighted by Gasteiger charge is 2.17. The first-order valence-electron chi connectivity index (χ1n) is 9.58. The molecule has 9 heteroatoms. The number of aryl methyl sites for hydroxylation is 1. The maximum Gasteiger partial charge on any atom is 0.235 e. The third kappa shape index (κ3) is 4.72. The van der Waals surface area contributed by atoms with Crippen LogP contribution in [-0.4, -0.2) is 27.5 Å². The summed E-state index contributed by atoms with van der Waals surface area (Å²) in [4.78, 5) is 12.9. The zero-order valence-electron chi connectivity index (χ0n) is 17.6. The van der Waals surface area contributed by atoms with Gasteiger partial charge in [-0.15, -0.1) is 10.7 Å². The van der Waals surface area contributed by atoms with Gasteiger partial charge in [-0.25, -0.2) is 23.7 Å². The van der Waals surface area contributed by atoms with Crippen LogP contribution in [0, 0.1) is 12.7 Å². The van der Waals surface area contributed by atoms with Crippen molar-refractivity contribution in [1.29, 1.82) is 0 Å². The third-order valence-corrected chi connectivity index (χ3v) is 5.08. The molecule has 0 spiro atoms. The van der Waals surface area contributed by atoms with E-state index in [0.29, 0.717) is 23.1 Å². The van der Waals surface area contributed by atoms with E-state index in [-0.39, 0.29) is 10.7 Å². The summed E-state index contributed by atoms with van der Waals surface area (Å²) in [5, 5.41) is 4.14. The van der Waals surface area contributed by atoms with Gasteiger partial charge in [-0.3, -0.25) is 0 Å². The van der Waals surface area contributed by atoms with Crippen LogP contribution in [0.1, 0.15) is 24.5 Å². The number of anilines is 2. The minimum atomic E-state index is -0.498. The number of fused-ring (bicyclic) bond motifs is 1. The molecule has 0 fully saturated rings. The number of oxazole rings is 1. The van der Waals surface area contributed by atoms with Gasteiger partial charge in [0.1, 0.15) is 30.0 Å². The molecular formula is C22H22FN5O2S. The summed E-state index contributed by atoms with van der Waals surface area (Å²) in [7, 11) is -0.0775. The van der Waals surface area contributed by atoms with Gasteiger partial charge in [-0.05, 0) is 56.2 Å². The zero-order valence-corrected chi connectivity index (χ0v) is 18.4. The van der Waals surface area contributed by atoms with Crippen molar-refractivity contribution in [2.75, 3.05) is 17.8 Å². The highest BCUT2D eigenvalue weighted by Crippen LogP contribution is 2.35. The van der Waals surface area contributed by atoms with Crippen molar-refractivity contribution in [1.82, 2.24) is 15.0 Å². The van der Waals surface area contributed by atoms with E-state index in [0.717, 1.165) is 22.2 Å². The average Bonchev–Trinajstić information content (AvgIpc) is 3.24. The number of ether oxygens (including phenoxy) is 1. The van der Waals surface area contributed by atoms with E-state index >= 15 is 0 Å². The Balaban J connectivity index is 1.72. The highest BCUT2D eigenvalue weighted by molar-refractivity contribution is 7.85. The normalized spacial score (nSPS) is 12.2. The van der Waals surface area contributed by atoms with Gasteiger partial charge in [0.25, 0.3) is 0 Å². The lowest BCUT2D eigenvalue weighted by atomic mass is 10.1. The monoisotopic (exact) mass is 439 g/mol. The Morgan fingerprint density at radius 2 is 2.00 bits per heavy atom. The average molecular weight is 440 g/mol. The van der Waals surface area contributed by atoms with Gasteiger partial charge in [0.15, 0.2) is 6.10 Å². The van der Waals surface area contributed by atoms with E-state index in [4.69, 9.17) is 9.15 Å². The van der Waals surface area contributed by atoms with Crippen LogP contribution in [0.3, 0.4) is 0 Å². The van der Waals surface area contributed by atoms with Gasteiger partial charge in [0, 0.05) is 11.5 Å². The molecule has 0 saturated heterocycles. The van der Waals surface area contributed by atoms with Crippen molar-refractivity contribution in [2.24, 2.45) is 4.36 Å². The van der Waals surface area contributed by atoms with Crippen LogP contribution in [0.25, 0.3) is 10.9 Å². The molecule has 0 aliphatic rings. The summed E-state index contributed by atoms with van der Waals surface area (Å²) in [5.41, 5.74) is 3.21. The van der Waals surface area contributed by atoms with E-state index in [1.807, 2.05) is 19.1 Å². The van der Waals surface area contributed by atoms with E-state index in [2.05, 4.69) is 37.1 Å². The quantitative estimate of drug-likeness (QED) is 0.418. The Kier molecular flexibility index (Phi) is 5.94. The first kappa shape index (κ1) is 20.9. The third-order valence-electron chi connectivity index (χ3n) is 4.51. The van der Waals surface area contributed by atoms with Crippen molar-refractivity contribution in [2.45, 2.75) is 20.0 Å². The lowest BCUT2D eigenvalue weighted by molar-refractivity contribution is 0.189. The van der Waals surface area contributed by atoms with Gasteiger partial charge in [-0.1, -0.05) is 0 Å². The Hall–Kier alpha value is -3.33. The van der Waals surface area contributed by atoms with Crippen LogP contribution in [0.5, 0.6) is 5.75 Å². The fourth-order valence-corrected chi connectivity index (χ4v) is 3.76. The maximum atomic E-state index is 14.0. The van der Waals surface area contributed by atoms with Crippen LogP contribution in [0.15, 0.2) is 57.9 Å². The van der Waals surface area contributed by atoms with Crippen LogP contribution in [0.4, 0.5) is 21.6 Å². The standard InChI is InChI=1S/C22H22FN5O2S/c1-13-9-16(28-31(3)4)11-18-20(13)21(26-12-25-18)27-17-6-5-15(23)10-19(17)30-14(2)22-24-7-8-29-22/h5-12,14H,1-4H3,(H,25,26,27). The molecule has 0 bridgehead atoms. The number of nitrogens with zero attached hydrogens (tertiary/aromatic N) is 4. The van der Waals surface area contributed by atoms with E-state index in [9.17, 15) is 4.39 Å². The number of hydrogen-bond acceptors (Lipinski definition) is 7. The summed E-state index contributed by atoms with van der Waals surface area (Å²) in [6, 6.07) is 8.24. The fourth-order valence-electron chi connectivity index (χ4n) is 3.23. The largest absolute Gasteiger partial charge is 0.479 e. The molecule has 2 aromatic carbocycles. The minimum Gasteiger partial charge on any atom is -0.479 e. The number of nitrogens with one attached hydrogen (secondary N) is 1. The van der Waals surface area contributed by atoms with Gasteiger partial charge in [0.2, 0.25) is 5.89 Å². The molecule has 0 radical (unpaired) electrons. The van der Waals surface area contributed by atoms with Crippen LogP contribution >= 0.6 is 0 Å². The molecule has 2 aromatic heterocycles. The molecule has 0 amide bonds. The van der Waals surface area contributed by atoms with Crippen molar-refractivity contribution in [3.63, 3.8) is 0 Å². The van der Waals surface area contributed by atoms with Crippen molar-refractivity contribution >= 4 is 38.8 Å². The molecule has 0 aliphatic heterocycles. The zero-order chi connectivity index (χ0) is 22.0. The van der Waals surface area contributed by atoms with Crippen LogP contribution in [-0.2, 0) is 10.7 Å². The van der Waals surface area contributed by atoms with Crippen molar-refractivity contribution < 1.29 is 13.5 Å². The summed E-state index contributed by atoms with van der Waals surface area (Å²) >= 11 is 0. The Morgan fingerprint density at radius 1 is 1.16 bits per heavy atom. The summed E-state index contributed by atoms with van der Waals surface area (Å²) in [6.45, 7) is 3.78. The second-order valence-electron chi connectivity index (χ2n) is 7.14. The molecule has 7 nitrogen and oxygen atoms in total. The Bertz CT molecular complexity index is 1260. The predicted octanol–water partition coefficient (Wildman–Crippen LogP) is 5.64. The second-order valence-corrected chi connectivity index (χ2v) is 8.87. The van der Waals surface area contributed by atoms with E-state index in [1.165, 1.54) is 30.9 Å². The molecule has 160 valence electrons. The second kappa shape index (κ2) is 8.81. The molecule has 0 aliphatic carbocycles. The molecule has 2 heterocycles. The smallest absolute Gasteiger partial charge is 0.235 e. The van der Waals surface area contributed by atoms with Crippen molar-refractivity contribution in [3.05, 3.63) is 66.4 Å². The predicted molar refractivity (Wildman–Crippen MR) is 121 cm³/mol. The first-order valence-corrected chi connectivity index (χ1v) is 11.6. The van der Waals surface area contributed by atoms with Gasteiger partial charge in [0.05, 0.1) is 23.1 Å². The lowest BCUT2D eigenvalue weighted by Gasteiger charge is -2.17. The molecule has 1 unspecified atom stereocenters. The van der Waals surface area contributed by atoms with Crippen molar-refractivity contribution in [3.8, 4) is 5.75 Å². The molecule has 0 saturated carbocycles. The number of rotatable bonds is 6. The van der Waals surface area contributed by atoms with Gasteiger partial charge < -0.3 is 14.5 Å². The molecule has 31 heavy (non-hydrogen) atoms. The van der Waals surface area contributed by atoms with E-state index < -0.39 is 11.9 Å². The number of halogens is 1. The fraction of sp³-hybridized carbons (Fsp3) is 0.227. The Morgan fingerprint density at radius 3 is 2.74 bits per heavy atom. The van der Waals surface area contributed by atoms with Gasteiger partial charge >= 0.3 is 0 Å².